The molecule has 0 saturated heterocycles. The Morgan fingerprint density at radius 2 is 2.21 bits per heavy atom. The monoisotopic (exact) mass is 255 g/mol. The van der Waals surface area contributed by atoms with Crippen molar-refractivity contribution < 1.29 is 0 Å². The van der Waals surface area contributed by atoms with Crippen LogP contribution in [-0.4, -0.2) is 20.0 Å². The molecule has 3 rings (SSSR count). The first-order valence-electron chi connectivity index (χ1n) is 6.33. The van der Waals surface area contributed by atoms with Crippen LogP contribution in [0.2, 0.25) is 0 Å². The van der Waals surface area contributed by atoms with Crippen molar-refractivity contribution in [2.45, 2.75) is 19.9 Å². The molecule has 2 N–H and O–H groups in total. The molecule has 1 aromatic carbocycles. The first kappa shape index (κ1) is 11.8. The van der Waals surface area contributed by atoms with E-state index in [0.29, 0.717) is 0 Å². The number of benzene rings is 1. The minimum absolute atomic E-state index is 0.220. The zero-order valence-corrected chi connectivity index (χ0v) is 11.3. The molecule has 0 fully saturated rings. The van der Waals surface area contributed by atoms with Crippen LogP contribution in [0.3, 0.4) is 0 Å². The molecule has 19 heavy (non-hydrogen) atoms. The second-order valence-electron chi connectivity index (χ2n) is 4.88. The maximum atomic E-state index is 4.38. The van der Waals surface area contributed by atoms with Gasteiger partial charge in [-0.1, -0.05) is 0 Å². The summed E-state index contributed by atoms with van der Waals surface area (Å²) in [6.45, 7) is 4.18. The maximum absolute atomic E-state index is 4.38. The van der Waals surface area contributed by atoms with Crippen molar-refractivity contribution in [3.63, 3.8) is 0 Å². The topological polar surface area (TPSA) is 58.5 Å². The van der Waals surface area contributed by atoms with E-state index in [1.807, 2.05) is 30.9 Å². The molecule has 0 spiro atoms. The van der Waals surface area contributed by atoms with Gasteiger partial charge in [-0.05, 0) is 32.0 Å². The van der Waals surface area contributed by atoms with Crippen molar-refractivity contribution >= 4 is 16.6 Å². The molecule has 2 aromatic heterocycles. The summed E-state index contributed by atoms with van der Waals surface area (Å²) >= 11 is 0. The zero-order valence-electron chi connectivity index (χ0n) is 11.3. The number of aromatic amines is 1. The van der Waals surface area contributed by atoms with E-state index in [-0.39, 0.29) is 6.04 Å². The SMILES string of the molecule is Cc1nn(C)cc1C(C)Nc1ccc2[nH]ncc2c1. The number of H-pyrrole nitrogens is 1. The van der Waals surface area contributed by atoms with Gasteiger partial charge in [0.2, 0.25) is 0 Å². The minimum atomic E-state index is 0.220. The van der Waals surface area contributed by atoms with Gasteiger partial charge in [0, 0.05) is 29.9 Å². The fourth-order valence-corrected chi connectivity index (χ4v) is 2.40. The summed E-state index contributed by atoms with van der Waals surface area (Å²) in [4.78, 5) is 0. The van der Waals surface area contributed by atoms with Crippen molar-refractivity contribution in [3.8, 4) is 0 Å². The molecule has 0 aliphatic carbocycles. The van der Waals surface area contributed by atoms with E-state index in [4.69, 9.17) is 0 Å². The van der Waals surface area contributed by atoms with Gasteiger partial charge < -0.3 is 5.32 Å². The highest BCUT2D eigenvalue weighted by Crippen LogP contribution is 2.23. The molecule has 0 saturated carbocycles. The van der Waals surface area contributed by atoms with Crippen LogP contribution in [0.4, 0.5) is 5.69 Å². The summed E-state index contributed by atoms with van der Waals surface area (Å²) in [5.74, 6) is 0. The average Bonchev–Trinajstić information content (AvgIpc) is 2.94. The van der Waals surface area contributed by atoms with Gasteiger partial charge in [0.25, 0.3) is 0 Å². The number of anilines is 1. The fraction of sp³-hybridized carbons (Fsp3) is 0.286. The largest absolute Gasteiger partial charge is 0.378 e. The van der Waals surface area contributed by atoms with E-state index < -0.39 is 0 Å². The third kappa shape index (κ3) is 2.19. The molecule has 0 aliphatic rings. The number of hydrogen-bond donors (Lipinski definition) is 2. The van der Waals surface area contributed by atoms with E-state index in [1.54, 1.807) is 0 Å². The number of aryl methyl sites for hydroxylation is 2. The summed E-state index contributed by atoms with van der Waals surface area (Å²) < 4.78 is 1.85. The van der Waals surface area contributed by atoms with Gasteiger partial charge in [-0.3, -0.25) is 9.78 Å². The molecule has 1 atom stereocenters. The van der Waals surface area contributed by atoms with E-state index in [0.717, 1.165) is 22.3 Å². The Balaban J connectivity index is 1.85. The summed E-state index contributed by atoms with van der Waals surface area (Å²) in [6.07, 6.45) is 3.89. The van der Waals surface area contributed by atoms with Gasteiger partial charge in [-0.2, -0.15) is 10.2 Å². The quantitative estimate of drug-likeness (QED) is 0.756. The first-order chi connectivity index (χ1) is 9.13. The Kier molecular flexibility index (Phi) is 2.74. The normalized spacial score (nSPS) is 12.8. The lowest BCUT2D eigenvalue weighted by molar-refractivity contribution is 0.756. The minimum Gasteiger partial charge on any atom is -0.378 e. The summed E-state index contributed by atoms with van der Waals surface area (Å²) in [5, 5.41) is 16.0. The van der Waals surface area contributed by atoms with Crippen LogP contribution in [0.5, 0.6) is 0 Å². The van der Waals surface area contributed by atoms with Gasteiger partial charge in [0.15, 0.2) is 0 Å². The molecule has 3 aromatic rings. The van der Waals surface area contributed by atoms with Crippen molar-refractivity contribution in [2.24, 2.45) is 7.05 Å². The number of rotatable bonds is 3. The molecule has 98 valence electrons. The summed E-state index contributed by atoms with van der Waals surface area (Å²) in [5.41, 5.74) is 4.42. The van der Waals surface area contributed by atoms with Crippen molar-refractivity contribution in [1.29, 1.82) is 0 Å². The lowest BCUT2D eigenvalue weighted by Gasteiger charge is -2.14. The Bertz CT molecular complexity index is 710. The summed E-state index contributed by atoms with van der Waals surface area (Å²) in [6, 6.07) is 6.41. The third-order valence-electron chi connectivity index (χ3n) is 3.34. The molecule has 0 aliphatic heterocycles. The van der Waals surface area contributed by atoms with Gasteiger partial charge >= 0.3 is 0 Å². The molecule has 5 nitrogen and oxygen atoms in total. The van der Waals surface area contributed by atoms with Crippen LogP contribution in [0.15, 0.2) is 30.6 Å². The Morgan fingerprint density at radius 1 is 1.37 bits per heavy atom. The third-order valence-corrected chi connectivity index (χ3v) is 3.34. The molecular formula is C14H17N5. The predicted octanol–water partition coefficient (Wildman–Crippen LogP) is 2.78. The molecule has 1 unspecified atom stereocenters. The highest BCUT2D eigenvalue weighted by atomic mass is 15.3. The molecule has 0 radical (unpaired) electrons. The standard InChI is InChI=1S/C14H17N5/c1-9(13-8-19(3)18-10(13)2)16-12-4-5-14-11(6-12)7-15-17-14/h4-9,16H,1-3H3,(H,15,17). The van der Waals surface area contributed by atoms with Crippen LogP contribution < -0.4 is 5.32 Å². The molecule has 0 bridgehead atoms. The highest BCUT2D eigenvalue weighted by molar-refractivity contribution is 5.81. The van der Waals surface area contributed by atoms with Crippen LogP contribution in [0.1, 0.15) is 24.2 Å². The van der Waals surface area contributed by atoms with E-state index >= 15 is 0 Å². The second-order valence-corrected chi connectivity index (χ2v) is 4.88. The van der Waals surface area contributed by atoms with Crippen molar-refractivity contribution in [1.82, 2.24) is 20.0 Å². The van der Waals surface area contributed by atoms with E-state index in [2.05, 4.69) is 45.9 Å². The van der Waals surface area contributed by atoms with E-state index in [9.17, 15) is 0 Å². The number of fused-ring (bicyclic) bond motifs is 1. The first-order valence-corrected chi connectivity index (χ1v) is 6.33. The number of aromatic nitrogens is 4. The van der Waals surface area contributed by atoms with E-state index in [1.165, 1.54) is 5.56 Å². The second kappa shape index (κ2) is 4.42. The van der Waals surface area contributed by atoms with Crippen LogP contribution in [0.25, 0.3) is 10.9 Å². The smallest absolute Gasteiger partial charge is 0.0651 e. The Hall–Kier alpha value is -2.30. The van der Waals surface area contributed by atoms with Gasteiger partial charge in [-0.15, -0.1) is 0 Å². The van der Waals surface area contributed by atoms with Gasteiger partial charge in [-0.25, -0.2) is 0 Å². The summed E-state index contributed by atoms with van der Waals surface area (Å²) in [7, 11) is 1.95. The molecule has 2 heterocycles. The Labute approximate surface area is 111 Å². The lowest BCUT2D eigenvalue weighted by Crippen LogP contribution is -2.06. The highest BCUT2D eigenvalue weighted by Gasteiger charge is 2.11. The number of nitrogens with one attached hydrogen (secondary N) is 2. The maximum Gasteiger partial charge on any atom is 0.0651 e. The number of nitrogens with zero attached hydrogens (tertiary/aromatic N) is 3. The molecule has 5 heteroatoms. The van der Waals surface area contributed by atoms with Crippen molar-refractivity contribution in [3.05, 3.63) is 41.9 Å². The van der Waals surface area contributed by atoms with Gasteiger partial charge in [0.1, 0.15) is 0 Å². The predicted molar refractivity (Wildman–Crippen MR) is 76.1 cm³/mol. The molecule has 0 amide bonds. The van der Waals surface area contributed by atoms with Crippen LogP contribution in [0, 0.1) is 6.92 Å². The van der Waals surface area contributed by atoms with Crippen LogP contribution in [-0.2, 0) is 7.05 Å². The average molecular weight is 255 g/mol. The Morgan fingerprint density at radius 3 is 2.95 bits per heavy atom. The molecular weight excluding hydrogens is 238 g/mol. The van der Waals surface area contributed by atoms with Crippen LogP contribution >= 0.6 is 0 Å². The number of hydrogen-bond acceptors (Lipinski definition) is 3. The zero-order chi connectivity index (χ0) is 13.4. The fourth-order valence-electron chi connectivity index (χ4n) is 2.40. The van der Waals surface area contributed by atoms with Gasteiger partial charge in [0.05, 0.1) is 23.4 Å². The van der Waals surface area contributed by atoms with Crippen molar-refractivity contribution in [2.75, 3.05) is 5.32 Å². The lowest BCUT2D eigenvalue weighted by atomic mass is 10.1.